The fraction of sp³-hybridized carbons (Fsp3) is 0.316. The van der Waals surface area contributed by atoms with E-state index in [4.69, 9.17) is 4.74 Å². The molecule has 0 saturated carbocycles. The van der Waals surface area contributed by atoms with Crippen LogP contribution in [0, 0.1) is 10.1 Å². The van der Waals surface area contributed by atoms with Crippen molar-refractivity contribution in [3.05, 3.63) is 70.3 Å². The van der Waals surface area contributed by atoms with E-state index in [-0.39, 0.29) is 13.0 Å². The Bertz CT molecular complexity index is 930. The number of methoxy groups -OCH3 is 1. The number of para-hydroxylation sites is 1. The largest absolute Gasteiger partial charge is 0.468 e. The van der Waals surface area contributed by atoms with Gasteiger partial charge >= 0.3 is 5.97 Å². The number of carbonyl (C=O) groups excluding carboxylic acids is 1. The number of sulfonamides is 1. The summed E-state index contributed by atoms with van der Waals surface area (Å²) in [6, 6.07) is 12.9. The number of nitrogens with zero attached hydrogens (tertiary/aromatic N) is 2. The third kappa shape index (κ3) is 4.73. The van der Waals surface area contributed by atoms with E-state index in [1.54, 1.807) is 31.2 Å². The SMILES string of the molecule is CCCN([C@@H](Cc1ccccc1)C(=O)OC)S(=O)(=O)c1ccccc1[N+](=O)[O-]. The van der Waals surface area contributed by atoms with Crippen LogP contribution < -0.4 is 0 Å². The number of hydrogen-bond acceptors (Lipinski definition) is 6. The van der Waals surface area contributed by atoms with Gasteiger partial charge in [0.1, 0.15) is 6.04 Å². The van der Waals surface area contributed by atoms with Gasteiger partial charge < -0.3 is 4.74 Å². The molecule has 0 N–H and O–H groups in total. The molecule has 0 aliphatic heterocycles. The Morgan fingerprint density at radius 1 is 1.14 bits per heavy atom. The Labute approximate surface area is 163 Å². The molecule has 0 aromatic heterocycles. The van der Waals surface area contributed by atoms with Gasteiger partial charge in [-0.05, 0) is 24.5 Å². The van der Waals surface area contributed by atoms with Crippen molar-refractivity contribution in [1.29, 1.82) is 0 Å². The van der Waals surface area contributed by atoms with Gasteiger partial charge in [-0.15, -0.1) is 0 Å². The predicted molar refractivity (Wildman–Crippen MR) is 103 cm³/mol. The second kappa shape index (κ2) is 9.43. The molecule has 0 fully saturated rings. The van der Waals surface area contributed by atoms with Crippen LogP contribution in [-0.2, 0) is 26.0 Å². The molecular weight excluding hydrogens is 384 g/mol. The zero-order valence-corrected chi connectivity index (χ0v) is 16.5. The molecule has 0 heterocycles. The highest BCUT2D eigenvalue weighted by molar-refractivity contribution is 7.89. The van der Waals surface area contributed by atoms with Crippen LogP contribution >= 0.6 is 0 Å². The van der Waals surface area contributed by atoms with Gasteiger partial charge in [0.2, 0.25) is 0 Å². The third-order valence-electron chi connectivity index (χ3n) is 4.19. The fourth-order valence-electron chi connectivity index (χ4n) is 2.89. The molecule has 0 amide bonds. The second-order valence-electron chi connectivity index (χ2n) is 6.07. The minimum atomic E-state index is -4.32. The molecule has 2 aromatic rings. The maximum atomic E-state index is 13.3. The molecule has 0 spiro atoms. The second-order valence-corrected chi connectivity index (χ2v) is 7.93. The summed E-state index contributed by atoms with van der Waals surface area (Å²) < 4.78 is 32.5. The summed E-state index contributed by atoms with van der Waals surface area (Å²) in [4.78, 5) is 22.6. The predicted octanol–water partition coefficient (Wildman–Crippen LogP) is 2.78. The normalized spacial score (nSPS) is 12.5. The molecule has 0 aliphatic carbocycles. The first kappa shape index (κ1) is 21.5. The summed E-state index contributed by atoms with van der Waals surface area (Å²) in [6.07, 6.45) is 0.509. The minimum absolute atomic E-state index is 0.0149. The molecule has 150 valence electrons. The Balaban J connectivity index is 2.56. The third-order valence-corrected chi connectivity index (χ3v) is 6.14. The van der Waals surface area contributed by atoms with Crippen LogP contribution in [0.1, 0.15) is 18.9 Å². The van der Waals surface area contributed by atoms with E-state index >= 15 is 0 Å². The molecule has 2 aromatic carbocycles. The number of rotatable bonds is 9. The molecule has 0 aliphatic rings. The van der Waals surface area contributed by atoms with E-state index in [2.05, 4.69) is 0 Å². The average molecular weight is 406 g/mol. The van der Waals surface area contributed by atoms with Crippen LogP contribution in [-0.4, -0.2) is 43.3 Å². The van der Waals surface area contributed by atoms with E-state index < -0.39 is 37.5 Å². The summed E-state index contributed by atoms with van der Waals surface area (Å²) in [5.41, 5.74) is 0.212. The lowest BCUT2D eigenvalue weighted by Crippen LogP contribution is -2.47. The van der Waals surface area contributed by atoms with Gasteiger partial charge in [0.15, 0.2) is 4.90 Å². The zero-order valence-electron chi connectivity index (χ0n) is 15.6. The summed E-state index contributed by atoms with van der Waals surface area (Å²) in [5.74, 6) is -0.723. The fourth-order valence-corrected chi connectivity index (χ4v) is 4.72. The highest BCUT2D eigenvalue weighted by atomic mass is 32.2. The van der Waals surface area contributed by atoms with Crippen molar-refractivity contribution in [1.82, 2.24) is 4.31 Å². The summed E-state index contributed by atoms with van der Waals surface area (Å²) in [6.45, 7) is 1.78. The van der Waals surface area contributed by atoms with Crippen molar-refractivity contribution < 1.29 is 22.9 Å². The van der Waals surface area contributed by atoms with Crippen molar-refractivity contribution >= 4 is 21.7 Å². The summed E-state index contributed by atoms with van der Waals surface area (Å²) in [7, 11) is -3.14. The van der Waals surface area contributed by atoms with Crippen LogP contribution in [0.4, 0.5) is 5.69 Å². The molecule has 28 heavy (non-hydrogen) atoms. The van der Waals surface area contributed by atoms with Crippen molar-refractivity contribution in [2.24, 2.45) is 0 Å². The first-order valence-electron chi connectivity index (χ1n) is 8.70. The first-order valence-corrected chi connectivity index (χ1v) is 10.1. The number of esters is 1. The average Bonchev–Trinajstić information content (AvgIpc) is 2.70. The maximum Gasteiger partial charge on any atom is 0.324 e. The monoisotopic (exact) mass is 406 g/mol. The topological polar surface area (TPSA) is 107 Å². The highest BCUT2D eigenvalue weighted by Gasteiger charge is 2.39. The number of hydrogen-bond donors (Lipinski definition) is 0. The number of ether oxygens (including phenoxy) is 1. The van der Waals surface area contributed by atoms with Gasteiger partial charge in [-0.3, -0.25) is 14.9 Å². The molecule has 0 radical (unpaired) electrons. The van der Waals surface area contributed by atoms with Crippen LogP contribution in [0.15, 0.2) is 59.5 Å². The smallest absolute Gasteiger partial charge is 0.324 e. The van der Waals surface area contributed by atoms with Crippen LogP contribution in [0.25, 0.3) is 0 Å². The number of nitro benzene ring substituents is 1. The highest BCUT2D eigenvalue weighted by Crippen LogP contribution is 2.28. The van der Waals surface area contributed by atoms with Crippen LogP contribution in [0.5, 0.6) is 0 Å². The van der Waals surface area contributed by atoms with E-state index in [1.807, 2.05) is 6.07 Å². The molecule has 2 rings (SSSR count). The number of benzene rings is 2. The Morgan fingerprint density at radius 2 is 1.75 bits per heavy atom. The molecule has 9 heteroatoms. The van der Waals surface area contributed by atoms with E-state index in [9.17, 15) is 23.3 Å². The molecule has 1 atom stereocenters. The Morgan fingerprint density at radius 3 is 2.32 bits per heavy atom. The quantitative estimate of drug-likeness (QED) is 0.360. The standard InChI is InChI=1S/C19H22N2O6S/c1-3-13-20(17(19(22)27-2)14-15-9-5-4-6-10-15)28(25,26)18-12-8-7-11-16(18)21(23)24/h4-12,17H,3,13-14H2,1-2H3/t17-/m0/s1. The summed E-state index contributed by atoms with van der Waals surface area (Å²) in [5, 5.41) is 11.3. The van der Waals surface area contributed by atoms with Gasteiger partial charge in [0, 0.05) is 12.6 Å². The molecule has 0 bridgehead atoms. The van der Waals surface area contributed by atoms with Crippen molar-refractivity contribution in [3.8, 4) is 0 Å². The van der Waals surface area contributed by atoms with Gasteiger partial charge in [0.25, 0.3) is 15.7 Å². The van der Waals surface area contributed by atoms with E-state index in [0.717, 1.165) is 15.9 Å². The minimum Gasteiger partial charge on any atom is -0.468 e. The Kier molecular flexibility index (Phi) is 7.24. The van der Waals surface area contributed by atoms with Gasteiger partial charge in [0.05, 0.1) is 12.0 Å². The number of nitro groups is 1. The van der Waals surface area contributed by atoms with E-state index in [0.29, 0.717) is 6.42 Å². The first-order chi connectivity index (χ1) is 13.3. The van der Waals surface area contributed by atoms with Crippen molar-refractivity contribution in [3.63, 3.8) is 0 Å². The van der Waals surface area contributed by atoms with Crippen molar-refractivity contribution in [2.75, 3.05) is 13.7 Å². The molecule has 0 saturated heterocycles. The lowest BCUT2D eigenvalue weighted by Gasteiger charge is -2.28. The lowest BCUT2D eigenvalue weighted by molar-refractivity contribution is -0.387. The van der Waals surface area contributed by atoms with Crippen LogP contribution in [0.2, 0.25) is 0 Å². The van der Waals surface area contributed by atoms with Gasteiger partial charge in [-0.2, -0.15) is 4.31 Å². The molecular formula is C19H22N2O6S. The Hall–Kier alpha value is -2.78. The maximum absolute atomic E-state index is 13.3. The zero-order chi connectivity index (χ0) is 20.7. The molecule has 0 unspecified atom stereocenters. The summed E-state index contributed by atoms with van der Waals surface area (Å²) >= 11 is 0. The lowest BCUT2D eigenvalue weighted by atomic mass is 10.1. The van der Waals surface area contributed by atoms with Crippen LogP contribution in [0.3, 0.4) is 0 Å². The molecule has 8 nitrogen and oxygen atoms in total. The number of carbonyl (C=O) groups is 1. The van der Waals surface area contributed by atoms with E-state index in [1.165, 1.54) is 25.3 Å². The van der Waals surface area contributed by atoms with Gasteiger partial charge in [-0.25, -0.2) is 8.42 Å². The van der Waals surface area contributed by atoms with Crippen molar-refractivity contribution in [2.45, 2.75) is 30.7 Å². The van der Waals surface area contributed by atoms with Gasteiger partial charge in [-0.1, -0.05) is 49.4 Å².